The lowest BCUT2D eigenvalue weighted by molar-refractivity contribution is -0.140. The minimum absolute atomic E-state index is 0.0893. The SMILES string of the molecule is COC(=O)CCCS(=O)(=O)CC1CCNCC1. The van der Waals surface area contributed by atoms with Crippen LogP contribution in [-0.2, 0) is 19.4 Å². The minimum atomic E-state index is -3.02. The Kier molecular flexibility index (Phi) is 5.91. The van der Waals surface area contributed by atoms with Gasteiger partial charge in [-0.25, -0.2) is 8.42 Å². The molecule has 1 rings (SSSR count). The predicted octanol–water partition coefficient (Wildman–Crippen LogP) is 0.354. The number of carbonyl (C=O) groups is 1. The Morgan fingerprint density at radius 3 is 2.59 bits per heavy atom. The van der Waals surface area contributed by atoms with Crippen LogP contribution in [0.5, 0.6) is 0 Å². The lowest BCUT2D eigenvalue weighted by Gasteiger charge is -2.22. The Morgan fingerprint density at radius 2 is 2.00 bits per heavy atom. The van der Waals surface area contributed by atoms with Crippen LogP contribution in [0.1, 0.15) is 25.7 Å². The van der Waals surface area contributed by atoms with Crippen LogP contribution in [0, 0.1) is 5.92 Å². The Labute approximate surface area is 103 Å². The van der Waals surface area contributed by atoms with Crippen LogP contribution in [0.3, 0.4) is 0 Å². The number of methoxy groups -OCH3 is 1. The molecule has 0 aliphatic carbocycles. The number of ether oxygens (including phenoxy) is 1. The van der Waals surface area contributed by atoms with Gasteiger partial charge in [-0.05, 0) is 38.3 Å². The van der Waals surface area contributed by atoms with E-state index < -0.39 is 9.84 Å². The van der Waals surface area contributed by atoms with Gasteiger partial charge in [0.1, 0.15) is 0 Å². The van der Waals surface area contributed by atoms with Crippen molar-refractivity contribution in [1.82, 2.24) is 5.32 Å². The number of sulfone groups is 1. The summed E-state index contributed by atoms with van der Waals surface area (Å²) in [5.41, 5.74) is 0. The average Bonchev–Trinajstić information content (AvgIpc) is 2.29. The van der Waals surface area contributed by atoms with Crippen molar-refractivity contribution in [1.29, 1.82) is 0 Å². The van der Waals surface area contributed by atoms with Gasteiger partial charge in [0, 0.05) is 6.42 Å². The van der Waals surface area contributed by atoms with Crippen LogP contribution in [0.15, 0.2) is 0 Å². The lowest BCUT2D eigenvalue weighted by Crippen LogP contribution is -2.32. The second-order valence-corrected chi connectivity index (χ2v) is 6.72. The summed E-state index contributed by atoms with van der Waals surface area (Å²) in [5.74, 6) is 0.281. The first-order chi connectivity index (χ1) is 8.03. The summed E-state index contributed by atoms with van der Waals surface area (Å²) in [4.78, 5) is 10.9. The molecule has 100 valence electrons. The molecule has 0 unspecified atom stereocenters. The van der Waals surface area contributed by atoms with E-state index in [2.05, 4.69) is 10.1 Å². The maximum absolute atomic E-state index is 11.8. The highest BCUT2D eigenvalue weighted by Crippen LogP contribution is 2.15. The summed E-state index contributed by atoms with van der Waals surface area (Å²) in [5, 5.41) is 3.21. The topological polar surface area (TPSA) is 72.5 Å². The van der Waals surface area contributed by atoms with Crippen molar-refractivity contribution in [3.63, 3.8) is 0 Å². The number of nitrogens with one attached hydrogen (secondary N) is 1. The molecule has 17 heavy (non-hydrogen) atoms. The highest BCUT2D eigenvalue weighted by molar-refractivity contribution is 7.91. The molecular formula is C11H21NO4S. The molecule has 0 atom stereocenters. The number of piperidine rings is 1. The first kappa shape index (κ1) is 14.4. The number of hydrogen-bond donors (Lipinski definition) is 1. The Bertz CT molecular complexity index is 333. The van der Waals surface area contributed by atoms with Gasteiger partial charge in [0.2, 0.25) is 0 Å². The van der Waals surface area contributed by atoms with Crippen LogP contribution in [0.4, 0.5) is 0 Å². The summed E-state index contributed by atoms with van der Waals surface area (Å²) in [7, 11) is -1.71. The molecule has 0 spiro atoms. The van der Waals surface area contributed by atoms with Crippen molar-refractivity contribution in [2.75, 3.05) is 31.7 Å². The minimum Gasteiger partial charge on any atom is -0.469 e. The highest BCUT2D eigenvalue weighted by Gasteiger charge is 2.21. The molecule has 0 aromatic rings. The van der Waals surface area contributed by atoms with Crippen molar-refractivity contribution in [2.24, 2.45) is 5.92 Å². The van der Waals surface area contributed by atoms with Crippen molar-refractivity contribution in [3.05, 3.63) is 0 Å². The molecule has 1 fully saturated rings. The molecule has 1 aliphatic heterocycles. The van der Waals surface area contributed by atoms with E-state index in [9.17, 15) is 13.2 Å². The van der Waals surface area contributed by atoms with Crippen LogP contribution in [0.2, 0.25) is 0 Å². The first-order valence-electron chi connectivity index (χ1n) is 6.01. The molecule has 6 heteroatoms. The van der Waals surface area contributed by atoms with E-state index in [0.29, 0.717) is 6.42 Å². The predicted molar refractivity (Wildman–Crippen MR) is 65.5 cm³/mol. The van der Waals surface area contributed by atoms with Gasteiger partial charge in [0.05, 0.1) is 18.6 Å². The smallest absolute Gasteiger partial charge is 0.305 e. The lowest BCUT2D eigenvalue weighted by atomic mass is 10.0. The normalized spacial score (nSPS) is 17.9. The van der Waals surface area contributed by atoms with Crippen molar-refractivity contribution >= 4 is 15.8 Å². The number of esters is 1. The van der Waals surface area contributed by atoms with Gasteiger partial charge < -0.3 is 10.1 Å². The van der Waals surface area contributed by atoms with Gasteiger partial charge in [-0.3, -0.25) is 4.79 Å². The molecule has 0 amide bonds. The van der Waals surface area contributed by atoms with E-state index >= 15 is 0 Å². The maximum Gasteiger partial charge on any atom is 0.305 e. The van der Waals surface area contributed by atoms with Gasteiger partial charge >= 0.3 is 5.97 Å². The zero-order chi connectivity index (χ0) is 12.7. The third-order valence-electron chi connectivity index (χ3n) is 3.01. The summed E-state index contributed by atoms with van der Waals surface area (Å²) in [6, 6.07) is 0. The summed E-state index contributed by atoms with van der Waals surface area (Å²) < 4.78 is 28.1. The van der Waals surface area contributed by atoms with Crippen LogP contribution >= 0.6 is 0 Å². The van der Waals surface area contributed by atoms with Gasteiger partial charge in [-0.2, -0.15) is 0 Å². The first-order valence-corrected chi connectivity index (χ1v) is 7.83. The monoisotopic (exact) mass is 263 g/mol. The van der Waals surface area contributed by atoms with Crippen LogP contribution in [-0.4, -0.2) is 46.1 Å². The molecule has 0 bridgehead atoms. The molecule has 0 aromatic heterocycles. The van der Waals surface area contributed by atoms with E-state index in [1.165, 1.54) is 7.11 Å². The van der Waals surface area contributed by atoms with Crippen molar-refractivity contribution in [2.45, 2.75) is 25.7 Å². The Hall–Kier alpha value is -0.620. The molecule has 0 radical (unpaired) electrons. The summed E-state index contributed by atoms with van der Waals surface area (Å²) in [6.45, 7) is 1.81. The molecule has 0 aromatic carbocycles. The summed E-state index contributed by atoms with van der Waals surface area (Å²) >= 11 is 0. The van der Waals surface area contributed by atoms with Crippen molar-refractivity contribution < 1.29 is 17.9 Å². The van der Waals surface area contributed by atoms with E-state index in [0.717, 1.165) is 25.9 Å². The average molecular weight is 263 g/mol. The number of carbonyl (C=O) groups excluding carboxylic acids is 1. The molecular weight excluding hydrogens is 242 g/mol. The van der Waals surface area contributed by atoms with Gasteiger partial charge in [-0.15, -0.1) is 0 Å². The van der Waals surface area contributed by atoms with Gasteiger partial charge in [0.25, 0.3) is 0 Å². The third kappa shape index (κ3) is 6.02. The van der Waals surface area contributed by atoms with Crippen molar-refractivity contribution in [3.8, 4) is 0 Å². The standard InChI is InChI=1S/C11H21NO4S/c1-16-11(13)3-2-8-17(14,15)9-10-4-6-12-7-5-10/h10,12H,2-9H2,1H3. The number of hydrogen-bond acceptors (Lipinski definition) is 5. The molecule has 1 aliphatic rings. The molecule has 5 nitrogen and oxygen atoms in total. The van der Waals surface area contributed by atoms with Crippen LogP contribution < -0.4 is 5.32 Å². The fourth-order valence-electron chi connectivity index (χ4n) is 2.03. The zero-order valence-corrected chi connectivity index (χ0v) is 11.1. The van der Waals surface area contributed by atoms with E-state index in [-0.39, 0.29) is 29.8 Å². The maximum atomic E-state index is 11.8. The number of rotatable bonds is 6. The summed E-state index contributed by atoms with van der Waals surface area (Å²) in [6.07, 6.45) is 2.40. The second kappa shape index (κ2) is 6.96. The fraction of sp³-hybridized carbons (Fsp3) is 0.909. The van der Waals surface area contributed by atoms with E-state index in [4.69, 9.17) is 0 Å². The molecule has 1 N–H and O–H groups in total. The van der Waals surface area contributed by atoms with E-state index in [1.54, 1.807) is 0 Å². The quantitative estimate of drug-likeness (QED) is 0.700. The Balaban J connectivity index is 2.27. The highest BCUT2D eigenvalue weighted by atomic mass is 32.2. The fourth-order valence-corrected chi connectivity index (χ4v) is 3.83. The third-order valence-corrected chi connectivity index (χ3v) is 4.90. The van der Waals surface area contributed by atoms with E-state index in [1.807, 2.05) is 0 Å². The van der Waals surface area contributed by atoms with Gasteiger partial charge in [0.15, 0.2) is 9.84 Å². The Morgan fingerprint density at radius 1 is 1.35 bits per heavy atom. The molecule has 1 heterocycles. The molecule has 0 saturated carbocycles. The second-order valence-electron chi connectivity index (χ2n) is 4.49. The van der Waals surface area contributed by atoms with Crippen LogP contribution in [0.25, 0.3) is 0 Å². The molecule has 1 saturated heterocycles. The van der Waals surface area contributed by atoms with Gasteiger partial charge in [-0.1, -0.05) is 0 Å². The largest absolute Gasteiger partial charge is 0.469 e. The zero-order valence-electron chi connectivity index (χ0n) is 10.3.